The first kappa shape index (κ1) is 28.5. The van der Waals surface area contributed by atoms with Crippen molar-refractivity contribution in [3.8, 4) is 11.5 Å². The maximum Gasteiger partial charge on any atom is 0.338 e. The molecule has 0 saturated carbocycles. The molecule has 41 heavy (non-hydrogen) atoms. The van der Waals surface area contributed by atoms with Crippen molar-refractivity contribution < 1.29 is 23.4 Å². The van der Waals surface area contributed by atoms with Crippen LogP contribution < -0.4 is 24.4 Å². The van der Waals surface area contributed by atoms with Gasteiger partial charge in [-0.15, -0.1) is 0 Å². The maximum atomic E-state index is 13.8. The summed E-state index contributed by atoms with van der Waals surface area (Å²) in [5.41, 5.74) is 2.91. The molecule has 0 amide bonds. The molecule has 1 aliphatic rings. The summed E-state index contributed by atoms with van der Waals surface area (Å²) in [6.07, 6.45) is 1.79. The van der Waals surface area contributed by atoms with Gasteiger partial charge >= 0.3 is 5.97 Å². The fourth-order valence-corrected chi connectivity index (χ4v) is 6.12. The van der Waals surface area contributed by atoms with Crippen LogP contribution in [0.25, 0.3) is 6.08 Å². The molecule has 10 heteroatoms. The Balaban J connectivity index is 1.51. The van der Waals surface area contributed by atoms with Gasteiger partial charge in [-0.1, -0.05) is 41.7 Å². The third kappa shape index (κ3) is 6.03. The number of esters is 1. The van der Waals surface area contributed by atoms with Gasteiger partial charge in [0.05, 0.1) is 40.0 Å². The van der Waals surface area contributed by atoms with E-state index in [1.807, 2.05) is 36.4 Å². The van der Waals surface area contributed by atoms with Crippen LogP contribution in [0.2, 0.25) is 0 Å². The van der Waals surface area contributed by atoms with E-state index in [9.17, 15) is 14.0 Å². The number of rotatable bonds is 8. The summed E-state index contributed by atoms with van der Waals surface area (Å²) in [6, 6.07) is 18.2. The van der Waals surface area contributed by atoms with E-state index >= 15 is 0 Å². The quantitative estimate of drug-likeness (QED) is 0.246. The van der Waals surface area contributed by atoms with Gasteiger partial charge in [0.15, 0.2) is 4.80 Å². The highest BCUT2D eigenvalue weighted by Gasteiger charge is 2.33. The number of hydrogen-bond donors (Lipinski definition) is 0. The SMILES string of the molecule is CCOC(=O)C1=C(C)N=c2s/c(=C/c3ccc(OCc4ccc(F)cc4)cc3)c(=O)n2[C@@H]1c1ccc(OC)c(Br)c1. The van der Waals surface area contributed by atoms with Gasteiger partial charge in [-0.2, -0.15) is 0 Å². The molecule has 0 saturated heterocycles. The van der Waals surface area contributed by atoms with Crippen molar-refractivity contribution in [3.63, 3.8) is 0 Å². The average molecular weight is 638 g/mol. The molecule has 0 aliphatic carbocycles. The molecule has 3 aromatic carbocycles. The Hall–Kier alpha value is -4.02. The summed E-state index contributed by atoms with van der Waals surface area (Å²) in [5.74, 6) is 0.465. The molecule has 0 unspecified atom stereocenters. The average Bonchev–Trinajstić information content (AvgIpc) is 3.26. The number of aromatic nitrogens is 1. The van der Waals surface area contributed by atoms with E-state index in [4.69, 9.17) is 14.2 Å². The van der Waals surface area contributed by atoms with Crippen molar-refractivity contribution in [3.05, 3.63) is 125 Å². The number of hydrogen-bond acceptors (Lipinski definition) is 7. The number of allylic oxidation sites excluding steroid dienone is 1. The van der Waals surface area contributed by atoms with Gasteiger partial charge in [-0.3, -0.25) is 9.36 Å². The second kappa shape index (κ2) is 12.2. The molecule has 1 aromatic heterocycles. The summed E-state index contributed by atoms with van der Waals surface area (Å²) in [4.78, 5) is 32.0. The van der Waals surface area contributed by atoms with Crippen LogP contribution in [0, 0.1) is 5.82 Å². The number of halogens is 2. The lowest BCUT2D eigenvalue weighted by Gasteiger charge is -2.25. The molecule has 2 heterocycles. The molecular formula is C31H26BrFN2O5S. The van der Waals surface area contributed by atoms with Crippen molar-refractivity contribution in [2.45, 2.75) is 26.5 Å². The number of carbonyl (C=O) groups excluding carboxylic acids is 1. The highest BCUT2D eigenvalue weighted by Crippen LogP contribution is 2.35. The predicted octanol–water partition coefficient (Wildman–Crippen LogP) is 5.29. The monoisotopic (exact) mass is 636 g/mol. The van der Waals surface area contributed by atoms with Crippen molar-refractivity contribution in [1.82, 2.24) is 4.57 Å². The van der Waals surface area contributed by atoms with Gasteiger partial charge in [0.25, 0.3) is 5.56 Å². The number of nitrogens with zero attached hydrogens (tertiary/aromatic N) is 2. The predicted molar refractivity (Wildman–Crippen MR) is 158 cm³/mol. The minimum absolute atomic E-state index is 0.197. The minimum Gasteiger partial charge on any atom is -0.496 e. The lowest BCUT2D eigenvalue weighted by atomic mass is 9.96. The number of thiazole rings is 1. The van der Waals surface area contributed by atoms with Gasteiger partial charge in [-0.05, 0) is 88.9 Å². The summed E-state index contributed by atoms with van der Waals surface area (Å²) < 4.78 is 32.4. The zero-order valence-electron chi connectivity index (χ0n) is 22.5. The normalized spacial score (nSPS) is 14.9. The largest absolute Gasteiger partial charge is 0.496 e. The Bertz CT molecular complexity index is 1810. The van der Waals surface area contributed by atoms with Crippen LogP contribution >= 0.6 is 27.3 Å². The fourth-order valence-electron chi connectivity index (χ4n) is 4.52. The first-order valence-corrected chi connectivity index (χ1v) is 14.4. The van der Waals surface area contributed by atoms with Crippen LogP contribution in [-0.4, -0.2) is 24.3 Å². The lowest BCUT2D eigenvalue weighted by Crippen LogP contribution is -2.39. The van der Waals surface area contributed by atoms with E-state index in [1.54, 1.807) is 49.8 Å². The van der Waals surface area contributed by atoms with Crippen LogP contribution in [0.15, 0.2) is 92.3 Å². The first-order chi connectivity index (χ1) is 19.8. The van der Waals surface area contributed by atoms with Gasteiger partial charge in [0.2, 0.25) is 0 Å². The molecule has 210 valence electrons. The number of benzene rings is 3. The lowest BCUT2D eigenvalue weighted by molar-refractivity contribution is -0.139. The van der Waals surface area contributed by atoms with Crippen LogP contribution in [0.5, 0.6) is 11.5 Å². The van der Waals surface area contributed by atoms with E-state index in [0.717, 1.165) is 11.1 Å². The first-order valence-electron chi connectivity index (χ1n) is 12.8. The molecule has 0 N–H and O–H groups in total. The maximum absolute atomic E-state index is 13.8. The summed E-state index contributed by atoms with van der Waals surface area (Å²) in [7, 11) is 1.57. The van der Waals surface area contributed by atoms with E-state index in [0.29, 0.717) is 48.7 Å². The molecule has 0 spiro atoms. The third-order valence-corrected chi connectivity index (χ3v) is 8.11. The summed E-state index contributed by atoms with van der Waals surface area (Å²) in [5, 5.41) is 0. The fraction of sp³-hybridized carbons (Fsp3) is 0.194. The smallest absolute Gasteiger partial charge is 0.338 e. The Morgan fingerprint density at radius 2 is 1.85 bits per heavy atom. The van der Waals surface area contributed by atoms with Crippen molar-refractivity contribution in [2.24, 2.45) is 4.99 Å². The zero-order chi connectivity index (χ0) is 29.1. The molecule has 0 fully saturated rings. The van der Waals surface area contributed by atoms with Gasteiger partial charge in [0.1, 0.15) is 23.9 Å². The minimum atomic E-state index is -0.725. The molecule has 1 atom stereocenters. The van der Waals surface area contributed by atoms with E-state index in [2.05, 4.69) is 20.9 Å². The van der Waals surface area contributed by atoms with E-state index in [-0.39, 0.29) is 18.0 Å². The Labute approximate surface area is 248 Å². The van der Waals surface area contributed by atoms with E-state index < -0.39 is 12.0 Å². The van der Waals surface area contributed by atoms with Crippen molar-refractivity contribution >= 4 is 39.3 Å². The highest BCUT2D eigenvalue weighted by atomic mass is 79.9. The standard InChI is InChI=1S/C31H26BrFN2O5S/c1-4-39-30(37)27-18(2)34-31-35(28(27)21-9-14-25(38-3)24(32)16-21)29(36)26(41-31)15-19-7-12-23(13-8-19)40-17-20-5-10-22(33)11-6-20/h5-16,28H,4,17H2,1-3H3/b26-15+/t28-/m1/s1. The molecule has 1 aliphatic heterocycles. The second-order valence-electron chi connectivity index (χ2n) is 9.18. The van der Waals surface area contributed by atoms with Gasteiger partial charge in [0, 0.05) is 0 Å². The van der Waals surface area contributed by atoms with Crippen LogP contribution in [0.1, 0.15) is 36.6 Å². The molecule has 7 nitrogen and oxygen atoms in total. The second-order valence-corrected chi connectivity index (χ2v) is 11.0. The van der Waals surface area contributed by atoms with Gasteiger partial charge < -0.3 is 14.2 Å². The molecule has 0 radical (unpaired) electrons. The summed E-state index contributed by atoms with van der Waals surface area (Å²) >= 11 is 4.78. The van der Waals surface area contributed by atoms with Crippen LogP contribution in [0.3, 0.4) is 0 Å². The Morgan fingerprint density at radius 1 is 1.12 bits per heavy atom. The van der Waals surface area contributed by atoms with E-state index in [1.165, 1.54) is 23.5 Å². The van der Waals surface area contributed by atoms with Crippen LogP contribution in [0.4, 0.5) is 4.39 Å². The van der Waals surface area contributed by atoms with Crippen molar-refractivity contribution in [1.29, 1.82) is 0 Å². The molecular weight excluding hydrogens is 611 g/mol. The topological polar surface area (TPSA) is 79.1 Å². The van der Waals surface area contributed by atoms with Crippen LogP contribution in [-0.2, 0) is 16.1 Å². The number of methoxy groups -OCH3 is 1. The number of fused-ring (bicyclic) bond motifs is 1. The van der Waals surface area contributed by atoms with Crippen molar-refractivity contribution in [2.75, 3.05) is 13.7 Å². The number of ether oxygens (including phenoxy) is 3. The number of carbonyl (C=O) groups is 1. The summed E-state index contributed by atoms with van der Waals surface area (Å²) in [6.45, 7) is 3.99. The molecule has 5 rings (SSSR count). The Kier molecular flexibility index (Phi) is 8.51. The molecule has 0 bridgehead atoms. The third-order valence-electron chi connectivity index (χ3n) is 6.51. The Morgan fingerprint density at radius 3 is 2.51 bits per heavy atom. The molecule has 4 aromatic rings. The van der Waals surface area contributed by atoms with Gasteiger partial charge in [-0.25, -0.2) is 14.2 Å². The highest BCUT2D eigenvalue weighted by molar-refractivity contribution is 9.10. The zero-order valence-corrected chi connectivity index (χ0v) is 24.9.